The molecule has 3 rings (SSSR count). The van der Waals surface area contributed by atoms with E-state index in [4.69, 9.17) is 4.42 Å². The van der Waals surface area contributed by atoms with Crippen molar-refractivity contribution in [3.8, 4) is 10.8 Å². The van der Waals surface area contributed by atoms with Gasteiger partial charge in [-0.2, -0.15) is 5.21 Å². The molecule has 0 aliphatic heterocycles. The number of furan rings is 1. The summed E-state index contributed by atoms with van der Waals surface area (Å²) < 4.78 is 5.25. The smallest absolute Gasteiger partial charge is 0.226 e. The molecule has 1 amide bonds. The van der Waals surface area contributed by atoms with E-state index < -0.39 is 0 Å². The van der Waals surface area contributed by atoms with E-state index in [1.807, 2.05) is 11.4 Å². The van der Waals surface area contributed by atoms with Crippen LogP contribution in [0.3, 0.4) is 0 Å². The molecule has 0 aromatic carbocycles. The van der Waals surface area contributed by atoms with Crippen LogP contribution in [0.2, 0.25) is 0 Å². The molecular formula is C11H10N6O2S. The van der Waals surface area contributed by atoms with Crippen molar-refractivity contribution in [3.05, 3.63) is 35.3 Å². The van der Waals surface area contributed by atoms with Gasteiger partial charge in [-0.3, -0.25) is 4.79 Å². The Kier molecular flexibility index (Phi) is 3.50. The molecule has 0 saturated heterocycles. The topological polar surface area (TPSA) is 110 Å². The lowest BCUT2D eigenvalue weighted by Gasteiger charge is -1.99. The number of rotatable bonds is 5. The minimum absolute atomic E-state index is 0.147. The van der Waals surface area contributed by atoms with Gasteiger partial charge in [0.05, 0.1) is 24.9 Å². The Morgan fingerprint density at radius 1 is 1.50 bits per heavy atom. The number of nitrogens with one attached hydrogen (secondary N) is 2. The number of carbonyl (C=O) groups excluding carboxylic acids is 1. The van der Waals surface area contributed by atoms with Gasteiger partial charge in [0.2, 0.25) is 5.91 Å². The fourth-order valence-electron chi connectivity index (χ4n) is 1.56. The minimum Gasteiger partial charge on any atom is -0.462 e. The van der Waals surface area contributed by atoms with E-state index in [2.05, 4.69) is 30.9 Å². The average Bonchev–Trinajstić information content (AvgIpc) is 3.18. The lowest BCUT2D eigenvalue weighted by molar-refractivity contribution is -0.120. The van der Waals surface area contributed by atoms with Gasteiger partial charge in [0.25, 0.3) is 0 Å². The number of nitrogens with zero attached hydrogens (tertiary/aromatic N) is 4. The Balaban J connectivity index is 1.56. The fourth-order valence-corrected chi connectivity index (χ4v) is 2.35. The average molecular weight is 290 g/mol. The van der Waals surface area contributed by atoms with E-state index >= 15 is 0 Å². The maximum Gasteiger partial charge on any atom is 0.226 e. The molecule has 0 aliphatic carbocycles. The Labute approximate surface area is 117 Å². The van der Waals surface area contributed by atoms with Crippen molar-refractivity contribution in [2.45, 2.75) is 13.0 Å². The molecule has 20 heavy (non-hydrogen) atoms. The highest BCUT2D eigenvalue weighted by molar-refractivity contribution is 7.13. The summed E-state index contributed by atoms with van der Waals surface area (Å²) in [6.45, 7) is 0.241. The molecule has 0 atom stereocenters. The molecule has 9 heteroatoms. The summed E-state index contributed by atoms with van der Waals surface area (Å²) in [5, 5.41) is 18.5. The third-order valence-corrected chi connectivity index (χ3v) is 3.36. The van der Waals surface area contributed by atoms with Crippen molar-refractivity contribution in [1.82, 2.24) is 30.9 Å². The largest absolute Gasteiger partial charge is 0.462 e. The molecular weight excluding hydrogens is 280 g/mol. The van der Waals surface area contributed by atoms with Crippen LogP contribution in [-0.4, -0.2) is 31.5 Å². The van der Waals surface area contributed by atoms with E-state index in [-0.39, 0.29) is 18.9 Å². The molecule has 3 aromatic rings. The van der Waals surface area contributed by atoms with Crippen LogP contribution in [0.15, 0.2) is 28.2 Å². The Hall–Kier alpha value is -2.55. The first-order valence-corrected chi connectivity index (χ1v) is 6.66. The number of hydrogen-bond donors (Lipinski definition) is 2. The number of thiazole rings is 1. The van der Waals surface area contributed by atoms with Crippen molar-refractivity contribution >= 4 is 17.2 Å². The van der Waals surface area contributed by atoms with Gasteiger partial charge >= 0.3 is 0 Å². The summed E-state index contributed by atoms with van der Waals surface area (Å²) in [6, 6.07) is 3.63. The second kappa shape index (κ2) is 5.61. The number of aromatic nitrogens is 5. The first-order valence-electron chi connectivity index (χ1n) is 5.78. The Morgan fingerprint density at radius 3 is 3.20 bits per heavy atom. The third-order valence-electron chi connectivity index (χ3n) is 2.46. The van der Waals surface area contributed by atoms with Crippen LogP contribution < -0.4 is 5.32 Å². The molecule has 0 unspecified atom stereocenters. The van der Waals surface area contributed by atoms with Crippen molar-refractivity contribution in [2.24, 2.45) is 0 Å². The molecule has 2 N–H and O–H groups in total. The second-order valence-corrected chi connectivity index (χ2v) is 4.76. The van der Waals surface area contributed by atoms with Gasteiger partial charge < -0.3 is 9.73 Å². The van der Waals surface area contributed by atoms with E-state index in [1.165, 1.54) is 11.3 Å². The number of H-pyrrole nitrogens is 1. The second-order valence-electron chi connectivity index (χ2n) is 3.90. The van der Waals surface area contributed by atoms with Crippen molar-refractivity contribution in [2.75, 3.05) is 0 Å². The SMILES string of the molecule is O=C(Cc1csc(-c2ccco2)n1)NCc1nn[nH]n1. The van der Waals surface area contributed by atoms with Gasteiger partial charge in [0, 0.05) is 5.38 Å². The molecule has 0 fully saturated rings. The van der Waals surface area contributed by atoms with Crippen LogP contribution in [0, 0.1) is 0 Å². The molecule has 0 bridgehead atoms. The van der Waals surface area contributed by atoms with Crippen LogP contribution in [0.5, 0.6) is 0 Å². The molecule has 0 radical (unpaired) electrons. The first-order chi connectivity index (χ1) is 9.81. The summed E-state index contributed by atoms with van der Waals surface area (Å²) in [6.07, 6.45) is 1.79. The number of hydrogen-bond acceptors (Lipinski definition) is 7. The van der Waals surface area contributed by atoms with Crippen LogP contribution in [0.25, 0.3) is 10.8 Å². The van der Waals surface area contributed by atoms with Crippen LogP contribution in [0.1, 0.15) is 11.5 Å². The fraction of sp³-hybridized carbons (Fsp3) is 0.182. The minimum atomic E-state index is -0.147. The highest BCUT2D eigenvalue weighted by atomic mass is 32.1. The predicted molar refractivity (Wildman–Crippen MR) is 69.5 cm³/mol. The van der Waals surface area contributed by atoms with Gasteiger partial charge in [-0.05, 0) is 12.1 Å². The highest BCUT2D eigenvalue weighted by Crippen LogP contribution is 2.23. The highest BCUT2D eigenvalue weighted by Gasteiger charge is 2.10. The summed E-state index contributed by atoms with van der Waals surface area (Å²) in [7, 11) is 0. The Morgan fingerprint density at radius 2 is 2.45 bits per heavy atom. The van der Waals surface area contributed by atoms with Crippen molar-refractivity contribution in [3.63, 3.8) is 0 Å². The van der Waals surface area contributed by atoms with Crippen molar-refractivity contribution in [1.29, 1.82) is 0 Å². The van der Waals surface area contributed by atoms with E-state index in [1.54, 1.807) is 12.3 Å². The normalized spacial score (nSPS) is 10.6. The number of aromatic amines is 1. The zero-order valence-corrected chi connectivity index (χ0v) is 11.1. The van der Waals surface area contributed by atoms with Gasteiger partial charge in [-0.15, -0.1) is 21.5 Å². The maximum atomic E-state index is 11.7. The van der Waals surface area contributed by atoms with Crippen LogP contribution in [-0.2, 0) is 17.8 Å². The monoisotopic (exact) mass is 290 g/mol. The van der Waals surface area contributed by atoms with E-state index in [9.17, 15) is 4.79 Å². The van der Waals surface area contributed by atoms with Gasteiger partial charge in [-0.1, -0.05) is 5.21 Å². The first kappa shape index (κ1) is 12.5. The lowest BCUT2D eigenvalue weighted by Crippen LogP contribution is -2.25. The summed E-state index contributed by atoms with van der Waals surface area (Å²) in [5.41, 5.74) is 0.701. The molecule has 3 heterocycles. The molecule has 8 nitrogen and oxygen atoms in total. The summed E-state index contributed by atoms with van der Waals surface area (Å²) in [5.74, 6) is 0.993. The lowest BCUT2D eigenvalue weighted by atomic mass is 10.3. The number of amides is 1. The quantitative estimate of drug-likeness (QED) is 0.718. The summed E-state index contributed by atoms with van der Waals surface area (Å²) >= 11 is 1.44. The molecule has 0 saturated carbocycles. The Bertz CT molecular complexity index is 676. The maximum absolute atomic E-state index is 11.7. The molecule has 0 aliphatic rings. The third kappa shape index (κ3) is 2.88. The van der Waals surface area contributed by atoms with E-state index in [0.29, 0.717) is 17.3 Å². The van der Waals surface area contributed by atoms with Gasteiger partial charge in [-0.25, -0.2) is 4.98 Å². The van der Waals surface area contributed by atoms with E-state index in [0.717, 1.165) is 5.01 Å². The zero-order valence-electron chi connectivity index (χ0n) is 10.2. The van der Waals surface area contributed by atoms with Crippen LogP contribution >= 0.6 is 11.3 Å². The van der Waals surface area contributed by atoms with Crippen LogP contribution in [0.4, 0.5) is 0 Å². The van der Waals surface area contributed by atoms with Gasteiger partial charge in [0.15, 0.2) is 16.6 Å². The number of tetrazole rings is 1. The summed E-state index contributed by atoms with van der Waals surface area (Å²) in [4.78, 5) is 16.1. The number of carbonyl (C=O) groups is 1. The standard InChI is InChI=1S/C11H10N6O2S/c18-10(12-5-9-14-16-17-15-9)4-7-6-20-11(13-7)8-2-1-3-19-8/h1-3,6H,4-5H2,(H,12,18)(H,14,15,16,17). The molecule has 102 valence electrons. The van der Waals surface area contributed by atoms with Crippen molar-refractivity contribution < 1.29 is 9.21 Å². The molecule has 0 spiro atoms. The predicted octanol–water partition coefficient (Wildman–Crippen LogP) is 0.775. The zero-order chi connectivity index (χ0) is 13.8. The molecule has 3 aromatic heterocycles. The van der Waals surface area contributed by atoms with Gasteiger partial charge in [0.1, 0.15) is 0 Å².